The van der Waals surface area contributed by atoms with Gasteiger partial charge in [0.1, 0.15) is 5.82 Å². The highest BCUT2D eigenvalue weighted by Crippen LogP contribution is 2.32. The Morgan fingerprint density at radius 2 is 1.95 bits per heavy atom. The lowest BCUT2D eigenvalue weighted by Crippen LogP contribution is -2.09. The number of hydrogen-bond donors (Lipinski definition) is 1. The van der Waals surface area contributed by atoms with Crippen molar-refractivity contribution in [3.8, 4) is 0 Å². The van der Waals surface area contributed by atoms with Gasteiger partial charge in [0, 0.05) is 16.9 Å². The molecule has 1 N–H and O–H groups in total. The molecule has 0 radical (unpaired) electrons. The van der Waals surface area contributed by atoms with Gasteiger partial charge in [-0.1, -0.05) is 6.07 Å². The van der Waals surface area contributed by atoms with Gasteiger partial charge in [0.15, 0.2) is 0 Å². The van der Waals surface area contributed by atoms with Gasteiger partial charge < -0.3 is 5.11 Å². The molecule has 0 aliphatic carbocycles. The molecular weight excluding hydrogens is 280 g/mol. The number of aliphatic hydroxyl groups excluding tert-OH is 1. The van der Waals surface area contributed by atoms with E-state index >= 15 is 0 Å². The van der Waals surface area contributed by atoms with Gasteiger partial charge >= 0.3 is 6.18 Å². The summed E-state index contributed by atoms with van der Waals surface area (Å²) >= 11 is 1.36. The van der Waals surface area contributed by atoms with Crippen molar-refractivity contribution in [2.75, 3.05) is 0 Å². The molecule has 0 aliphatic rings. The van der Waals surface area contributed by atoms with E-state index in [1.54, 1.807) is 17.5 Å². The van der Waals surface area contributed by atoms with Crippen molar-refractivity contribution < 1.29 is 22.7 Å². The average molecular weight is 290 g/mol. The van der Waals surface area contributed by atoms with Crippen LogP contribution in [0.5, 0.6) is 0 Å². The van der Waals surface area contributed by atoms with Crippen molar-refractivity contribution >= 4 is 11.3 Å². The summed E-state index contributed by atoms with van der Waals surface area (Å²) < 4.78 is 51.1. The molecule has 102 valence electrons. The van der Waals surface area contributed by atoms with Crippen LogP contribution < -0.4 is 0 Å². The van der Waals surface area contributed by atoms with E-state index in [0.29, 0.717) is 12.1 Å². The maximum Gasteiger partial charge on any atom is 0.416 e. The topological polar surface area (TPSA) is 20.2 Å². The summed E-state index contributed by atoms with van der Waals surface area (Å²) in [6.07, 6.45) is -5.75. The monoisotopic (exact) mass is 290 g/mol. The van der Waals surface area contributed by atoms with Crippen LogP contribution in [0, 0.1) is 5.82 Å². The van der Waals surface area contributed by atoms with Crippen LogP contribution in [0.15, 0.2) is 35.7 Å². The molecule has 1 aromatic heterocycles. The number of alkyl halides is 3. The molecular formula is C13H10F4OS. The molecule has 0 saturated carbocycles. The number of benzene rings is 1. The summed E-state index contributed by atoms with van der Waals surface area (Å²) in [6, 6.07) is 5.55. The van der Waals surface area contributed by atoms with Crippen molar-refractivity contribution in [2.45, 2.75) is 18.7 Å². The van der Waals surface area contributed by atoms with E-state index in [9.17, 15) is 22.7 Å². The second kappa shape index (κ2) is 5.30. The first-order valence-electron chi connectivity index (χ1n) is 5.45. The lowest BCUT2D eigenvalue weighted by atomic mass is 10.0. The van der Waals surface area contributed by atoms with Crippen LogP contribution in [0.25, 0.3) is 0 Å². The Morgan fingerprint density at radius 1 is 1.21 bits per heavy atom. The minimum atomic E-state index is -4.55. The lowest BCUT2D eigenvalue weighted by molar-refractivity contribution is -0.137. The number of halogens is 4. The minimum absolute atomic E-state index is 0.0932. The van der Waals surface area contributed by atoms with E-state index in [1.807, 2.05) is 0 Å². The Bertz CT molecular complexity index is 548. The number of rotatable bonds is 3. The zero-order chi connectivity index (χ0) is 14.0. The second-order valence-electron chi connectivity index (χ2n) is 4.03. The van der Waals surface area contributed by atoms with Gasteiger partial charge in [-0.25, -0.2) is 4.39 Å². The van der Waals surface area contributed by atoms with E-state index in [-0.39, 0.29) is 12.0 Å². The fourth-order valence-corrected chi connectivity index (χ4v) is 2.45. The van der Waals surface area contributed by atoms with Gasteiger partial charge in [-0.15, -0.1) is 11.3 Å². The highest BCUT2D eigenvalue weighted by molar-refractivity contribution is 7.09. The van der Waals surface area contributed by atoms with Crippen LogP contribution in [0.4, 0.5) is 17.6 Å². The van der Waals surface area contributed by atoms with E-state index in [1.165, 1.54) is 11.3 Å². The van der Waals surface area contributed by atoms with Crippen molar-refractivity contribution in [3.63, 3.8) is 0 Å². The van der Waals surface area contributed by atoms with Crippen molar-refractivity contribution in [1.82, 2.24) is 0 Å². The third-order valence-corrected chi connectivity index (χ3v) is 3.56. The van der Waals surface area contributed by atoms with Crippen LogP contribution in [0.1, 0.15) is 22.1 Å². The largest absolute Gasteiger partial charge is 0.416 e. The van der Waals surface area contributed by atoms with Crippen LogP contribution in [-0.2, 0) is 12.6 Å². The van der Waals surface area contributed by atoms with Gasteiger partial charge in [0.2, 0.25) is 0 Å². The second-order valence-corrected chi connectivity index (χ2v) is 5.07. The summed E-state index contributed by atoms with van der Waals surface area (Å²) in [5.74, 6) is -0.836. The summed E-state index contributed by atoms with van der Waals surface area (Å²) in [7, 11) is 0. The third kappa shape index (κ3) is 3.33. The van der Waals surface area contributed by atoms with Crippen molar-refractivity contribution in [2.24, 2.45) is 0 Å². The summed E-state index contributed by atoms with van der Waals surface area (Å²) in [5.41, 5.74) is -1.29. The molecule has 0 spiro atoms. The normalized spacial score (nSPS) is 13.5. The summed E-state index contributed by atoms with van der Waals surface area (Å²) in [5, 5.41) is 11.6. The first-order valence-corrected chi connectivity index (χ1v) is 6.33. The number of thiophene rings is 1. The molecule has 1 nitrogen and oxygen atoms in total. The molecule has 1 aromatic carbocycles. The van der Waals surface area contributed by atoms with E-state index in [0.717, 1.165) is 10.9 Å². The molecule has 2 aromatic rings. The summed E-state index contributed by atoms with van der Waals surface area (Å²) in [6.45, 7) is 0. The maximum atomic E-state index is 13.5. The van der Waals surface area contributed by atoms with Gasteiger partial charge in [-0.05, 0) is 29.6 Å². The molecule has 0 saturated heterocycles. The first kappa shape index (κ1) is 14.0. The molecule has 0 fully saturated rings. The van der Waals surface area contributed by atoms with E-state index < -0.39 is 23.7 Å². The average Bonchev–Trinajstić information content (AvgIpc) is 2.80. The smallest absolute Gasteiger partial charge is 0.388 e. The number of hydrogen-bond acceptors (Lipinski definition) is 2. The van der Waals surface area contributed by atoms with Crippen LogP contribution >= 0.6 is 11.3 Å². The Labute approximate surface area is 111 Å². The van der Waals surface area contributed by atoms with E-state index in [2.05, 4.69) is 0 Å². The predicted molar refractivity (Wildman–Crippen MR) is 64.4 cm³/mol. The highest BCUT2D eigenvalue weighted by atomic mass is 32.1. The predicted octanol–water partition coefficient (Wildman–Crippen LogP) is 4.18. The van der Waals surface area contributed by atoms with E-state index in [4.69, 9.17) is 0 Å². The molecule has 0 amide bonds. The molecule has 0 aliphatic heterocycles. The van der Waals surface area contributed by atoms with Crippen LogP contribution in [0.3, 0.4) is 0 Å². The standard InChI is InChI=1S/C13H10F4OS/c14-11-4-3-8(13(15,16)17)6-10(11)12(18)7-9-2-1-5-19-9/h1-6,12,18H,7H2. The highest BCUT2D eigenvalue weighted by Gasteiger charge is 2.31. The van der Waals surface area contributed by atoms with Crippen LogP contribution in [0.2, 0.25) is 0 Å². The Kier molecular flexibility index (Phi) is 3.91. The first-order chi connectivity index (χ1) is 8.88. The van der Waals surface area contributed by atoms with Gasteiger partial charge in [0.05, 0.1) is 11.7 Å². The van der Waals surface area contributed by atoms with Crippen LogP contribution in [-0.4, -0.2) is 5.11 Å². The molecule has 2 rings (SSSR count). The zero-order valence-corrected chi connectivity index (χ0v) is 10.4. The Balaban J connectivity index is 2.28. The number of aliphatic hydroxyl groups is 1. The lowest BCUT2D eigenvalue weighted by Gasteiger charge is -2.14. The van der Waals surface area contributed by atoms with Crippen molar-refractivity contribution in [1.29, 1.82) is 0 Å². The van der Waals surface area contributed by atoms with Gasteiger partial charge in [-0.2, -0.15) is 13.2 Å². The molecule has 19 heavy (non-hydrogen) atoms. The van der Waals surface area contributed by atoms with Gasteiger partial charge in [0.25, 0.3) is 0 Å². The zero-order valence-electron chi connectivity index (χ0n) is 9.62. The quantitative estimate of drug-likeness (QED) is 0.841. The maximum absolute atomic E-state index is 13.5. The third-order valence-electron chi connectivity index (χ3n) is 2.66. The molecule has 6 heteroatoms. The fourth-order valence-electron chi connectivity index (χ4n) is 1.70. The van der Waals surface area contributed by atoms with Gasteiger partial charge in [-0.3, -0.25) is 0 Å². The molecule has 1 atom stereocenters. The fraction of sp³-hybridized carbons (Fsp3) is 0.231. The van der Waals surface area contributed by atoms with Crippen molar-refractivity contribution in [3.05, 3.63) is 57.5 Å². The Morgan fingerprint density at radius 3 is 2.53 bits per heavy atom. The summed E-state index contributed by atoms with van der Waals surface area (Å²) in [4.78, 5) is 0.782. The SMILES string of the molecule is OC(Cc1cccs1)c1cc(C(F)(F)F)ccc1F. The molecule has 0 bridgehead atoms. The molecule has 1 heterocycles. The Hall–Kier alpha value is -1.40. The minimum Gasteiger partial charge on any atom is -0.388 e. The molecule has 1 unspecified atom stereocenters.